The van der Waals surface area contributed by atoms with Crippen LogP contribution < -0.4 is 11.1 Å². The lowest BCUT2D eigenvalue weighted by molar-refractivity contribution is -0.126. The average molecular weight is 355 g/mol. The number of carbonyl (C=O) groups is 1. The van der Waals surface area contributed by atoms with E-state index in [0.29, 0.717) is 19.0 Å². The second kappa shape index (κ2) is 8.30. The van der Waals surface area contributed by atoms with Gasteiger partial charge < -0.3 is 11.1 Å². The summed E-state index contributed by atoms with van der Waals surface area (Å²) in [6.45, 7) is 1.26. The van der Waals surface area contributed by atoms with E-state index in [9.17, 15) is 9.18 Å². The molecular formula is C19H28ClFN2O. The number of hydrogen-bond acceptors (Lipinski definition) is 2. The summed E-state index contributed by atoms with van der Waals surface area (Å²) in [5, 5.41) is 3.20. The molecule has 0 unspecified atom stereocenters. The third kappa shape index (κ3) is 3.92. The van der Waals surface area contributed by atoms with E-state index in [1.165, 1.54) is 25.0 Å². The van der Waals surface area contributed by atoms with Crippen LogP contribution in [-0.2, 0) is 10.2 Å². The van der Waals surface area contributed by atoms with Crippen LogP contribution in [0.25, 0.3) is 0 Å². The average Bonchev–Trinajstić information content (AvgIpc) is 3.23. The van der Waals surface area contributed by atoms with E-state index in [4.69, 9.17) is 5.73 Å². The number of nitrogens with two attached hydrogens (primary N) is 1. The standard InChI is InChI=1S/C19H27FN2O.ClH/c20-16-8-6-15(7-9-16)19(10-1-2-11-19)13-22-18(23)17-5-3-4-14(17)12-21;/h6-9,14,17H,1-5,10-13,21H2,(H,22,23);1H/t14-,17-;/m1./s1. The van der Waals surface area contributed by atoms with Crippen molar-refractivity contribution in [3.05, 3.63) is 35.6 Å². The largest absolute Gasteiger partial charge is 0.355 e. The van der Waals surface area contributed by atoms with Crippen LogP contribution >= 0.6 is 12.4 Å². The number of nitrogens with one attached hydrogen (secondary N) is 1. The first-order chi connectivity index (χ1) is 11.1. The lowest BCUT2D eigenvalue weighted by atomic mass is 9.78. The molecule has 2 saturated carbocycles. The van der Waals surface area contributed by atoms with Gasteiger partial charge in [-0.15, -0.1) is 12.4 Å². The van der Waals surface area contributed by atoms with Crippen LogP contribution in [0.4, 0.5) is 4.39 Å². The maximum absolute atomic E-state index is 13.2. The zero-order chi connectivity index (χ0) is 16.3. The number of halogens is 2. The van der Waals surface area contributed by atoms with E-state index < -0.39 is 0 Å². The number of benzene rings is 1. The molecule has 2 aliphatic rings. The Hall–Kier alpha value is -1.13. The first kappa shape index (κ1) is 19.2. The van der Waals surface area contributed by atoms with Gasteiger partial charge in [-0.25, -0.2) is 4.39 Å². The summed E-state index contributed by atoms with van der Waals surface area (Å²) in [6, 6.07) is 6.81. The van der Waals surface area contributed by atoms with Gasteiger partial charge in [-0.1, -0.05) is 31.4 Å². The quantitative estimate of drug-likeness (QED) is 0.849. The number of amides is 1. The van der Waals surface area contributed by atoms with Gasteiger partial charge in [0.1, 0.15) is 5.82 Å². The van der Waals surface area contributed by atoms with E-state index in [1.54, 1.807) is 0 Å². The lowest BCUT2D eigenvalue weighted by Crippen LogP contribution is -2.43. The third-order valence-electron chi connectivity index (χ3n) is 5.92. The Morgan fingerprint density at radius 2 is 1.83 bits per heavy atom. The number of rotatable bonds is 5. The molecular weight excluding hydrogens is 327 g/mol. The predicted molar refractivity (Wildman–Crippen MR) is 96.7 cm³/mol. The van der Waals surface area contributed by atoms with Crippen LogP contribution in [-0.4, -0.2) is 19.0 Å². The van der Waals surface area contributed by atoms with Gasteiger partial charge in [0.25, 0.3) is 0 Å². The van der Waals surface area contributed by atoms with E-state index in [0.717, 1.165) is 37.7 Å². The maximum atomic E-state index is 13.2. The van der Waals surface area contributed by atoms with Crippen molar-refractivity contribution in [2.45, 2.75) is 50.4 Å². The Morgan fingerprint density at radius 3 is 2.46 bits per heavy atom. The highest BCUT2D eigenvalue weighted by Gasteiger charge is 2.38. The summed E-state index contributed by atoms with van der Waals surface area (Å²) in [5.74, 6) is 0.362. The Kier molecular flexibility index (Phi) is 6.64. The van der Waals surface area contributed by atoms with Crippen molar-refractivity contribution >= 4 is 18.3 Å². The second-order valence-corrected chi connectivity index (χ2v) is 7.25. The summed E-state index contributed by atoms with van der Waals surface area (Å²) in [6.07, 6.45) is 7.58. The van der Waals surface area contributed by atoms with E-state index in [2.05, 4.69) is 5.32 Å². The van der Waals surface area contributed by atoms with Gasteiger partial charge in [-0.3, -0.25) is 4.79 Å². The minimum Gasteiger partial charge on any atom is -0.355 e. The van der Waals surface area contributed by atoms with Crippen molar-refractivity contribution in [3.8, 4) is 0 Å². The molecule has 0 heterocycles. The highest BCUT2D eigenvalue weighted by molar-refractivity contribution is 5.85. The molecule has 0 bridgehead atoms. The van der Waals surface area contributed by atoms with Crippen LogP contribution in [0.1, 0.15) is 50.5 Å². The smallest absolute Gasteiger partial charge is 0.223 e. The van der Waals surface area contributed by atoms with E-state index in [-0.39, 0.29) is 35.5 Å². The van der Waals surface area contributed by atoms with Crippen molar-refractivity contribution < 1.29 is 9.18 Å². The molecule has 5 heteroatoms. The first-order valence-electron chi connectivity index (χ1n) is 8.88. The van der Waals surface area contributed by atoms with Crippen molar-refractivity contribution in [1.29, 1.82) is 0 Å². The Balaban J connectivity index is 0.00000208. The Morgan fingerprint density at radius 1 is 1.17 bits per heavy atom. The fourth-order valence-electron chi connectivity index (χ4n) is 4.47. The van der Waals surface area contributed by atoms with Crippen LogP contribution in [0.5, 0.6) is 0 Å². The summed E-state index contributed by atoms with van der Waals surface area (Å²) in [7, 11) is 0. The molecule has 0 aliphatic heterocycles. The SMILES string of the molecule is Cl.NC[C@H]1CCC[C@H]1C(=O)NCC1(c2ccc(F)cc2)CCCC1. The molecule has 24 heavy (non-hydrogen) atoms. The summed E-state index contributed by atoms with van der Waals surface area (Å²) < 4.78 is 13.2. The van der Waals surface area contributed by atoms with Crippen molar-refractivity contribution in [2.75, 3.05) is 13.1 Å². The molecule has 3 N–H and O–H groups in total. The highest BCUT2D eigenvalue weighted by atomic mass is 35.5. The summed E-state index contributed by atoms with van der Waals surface area (Å²) in [5.41, 5.74) is 6.92. The molecule has 2 fully saturated rings. The van der Waals surface area contributed by atoms with Gasteiger partial charge in [0, 0.05) is 17.9 Å². The molecule has 134 valence electrons. The topological polar surface area (TPSA) is 55.1 Å². The fourth-order valence-corrected chi connectivity index (χ4v) is 4.47. The summed E-state index contributed by atoms with van der Waals surface area (Å²) in [4.78, 5) is 12.6. The molecule has 1 aromatic rings. The van der Waals surface area contributed by atoms with Gasteiger partial charge >= 0.3 is 0 Å². The molecule has 2 aliphatic carbocycles. The van der Waals surface area contributed by atoms with Crippen molar-refractivity contribution in [2.24, 2.45) is 17.6 Å². The lowest BCUT2D eigenvalue weighted by Gasteiger charge is -2.31. The van der Waals surface area contributed by atoms with E-state index in [1.807, 2.05) is 12.1 Å². The molecule has 1 aromatic carbocycles. The number of carbonyl (C=O) groups excluding carboxylic acids is 1. The minimum atomic E-state index is -0.206. The maximum Gasteiger partial charge on any atom is 0.223 e. The fraction of sp³-hybridized carbons (Fsp3) is 0.632. The van der Waals surface area contributed by atoms with Gasteiger partial charge in [-0.2, -0.15) is 0 Å². The second-order valence-electron chi connectivity index (χ2n) is 7.25. The molecule has 1 amide bonds. The van der Waals surface area contributed by atoms with Crippen LogP contribution in [0.15, 0.2) is 24.3 Å². The van der Waals surface area contributed by atoms with Crippen LogP contribution in [0.2, 0.25) is 0 Å². The van der Waals surface area contributed by atoms with Crippen LogP contribution in [0.3, 0.4) is 0 Å². The molecule has 3 nitrogen and oxygen atoms in total. The summed E-state index contributed by atoms with van der Waals surface area (Å²) >= 11 is 0. The van der Waals surface area contributed by atoms with Crippen molar-refractivity contribution in [3.63, 3.8) is 0 Å². The Bertz CT molecular complexity index is 543. The predicted octanol–water partition coefficient (Wildman–Crippen LogP) is 3.55. The zero-order valence-electron chi connectivity index (χ0n) is 14.1. The Labute approximate surface area is 150 Å². The highest BCUT2D eigenvalue weighted by Crippen LogP contribution is 2.41. The normalized spacial score (nSPS) is 25.2. The molecule has 0 radical (unpaired) electrons. The van der Waals surface area contributed by atoms with Crippen molar-refractivity contribution in [1.82, 2.24) is 5.32 Å². The number of hydrogen-bond donors (Lipinski definition) is 2. The third-order valence-corrected chi connectivity index (χ3v) is 5.92. The molecule has 3 rings (SSSR count). The molecule has 0 aromatic heterocycles. The monoisotopic (exact) mass is 354 g/mol. The molecule has 0 spiro atoms. The van der Waals surface area contributed by atoms with Gasteiger partial charge in [-0.05, 0) is 55.8 Å². The first-order valence-corrected chi connectivity index (χ1v) is 8.88. The zero-order valence-corrected chi connectivity index (χ0v) is 14.9. The van der Waals surface area contributed by atoms with Gasteiger partial charge in [0.15, 0.2) is 0 Å². The van der Waals surface area contributed by atoms with Gasteiger partial charge in [0.05, 0.1) is 0 Å². The molecule has 0 saturated heterocycles. The van der Waals surface area contributed by atoms with Gasteiger partial charge in [0.2, 0.25) is 5.91 Å². The van der Waals surface area contributed by atoms with Crippen LogP contribution in [0, 0.1) is 17.7 Å². The molecule has 2 atom stereocenters. The minimum absolute atomic E-state index is 0. The van der Waals surface area contributed by atoms with E-state index >= 15 is 0 Å².